The van der Waals surface area contributed by atoms with Crippen molar-refractivity contribution in [3.8, 4) is 0 Å². The number of aromatic nitrogens is 2. The van der Waals surface area contributed by atoms with Crippen LogP contribution in [0.15, 0.2) is 41.8 Å². The first-order valence-electron chi connectivity index (χ1n) is 8.58. The number of H-pyrrole nitrogens is 1. The van der Waals surface area contributed by atoms with E-state index in [-0.39, 0.29) is 18.2 Å². The number of nitrogens with zero attached hydrogens (tertiary/aromatic N) is 2. The lowest BCUT2D eigenvalue weighted by Gasteiger charge is -2.27. The van der Waals surface area contributed by atoms with Gasteiger partial charge in [0.15, 0.2) is 0 Å². The minimum atomic E-state index is -3.61. The van der Waals surface area contributed by atoms with Crippen LogP contribution in [0.3, 0.4) is 0 Å². The van der Waals surface area contributed by atoms with Crippen LogP contribution in [0, 0.1) is 0 Å². The topological polar surface area (TPSA) is 113 Å². The molecule has 2 aromatic heterocycles. The van der Waals surface area contributed by atoms with E-state index in [0.717, 1.165) is 10.7 Å². The Kier molecular flexibility index (Phi) is 5.14. The quantitative estimate of drug-likeness (QED) is 0.433. The minimum absolute atomic E-state index is 0.191. The predicted molar refractivity (Wildman–Crippen MR) is 111 cm³/mol. The largest absolute Gasteiger partial charge is 0.422 e. The molecule has 11 heteroatoms. The van der Waals surface area contributed by atoms with Gasteiger partial charge in [-0.25, -0.2) is 18.2 Å². The maximum absolute atomic E-state index is 12.4. The zero-order valence-corrected chi connectivity index (χ0v) is 18.3. The summed E-state index contributed by atoms with van der Waals surface area (Å²) in [6, 6.07) is 5.20. The van der Waals surface area contributed by atoms with Crippen LogP contribution in [0.1, 0.15) is 16.8 Å². The van der Waals surface area contributed by atoms with E-state index < -0.39 is 21.0 Å². The number of nitrogens with one attached hydrogen (secondary N) is 1. The van der Waals surface area contributed by atoms with Crippen LogP contribution < -0.4 is 11.2 Å². The molecule has 152 valence electrons. The summed E-state index contributed by atoms with van der Waals surface area (Å²) in [5, 5.41) is 0.590. The van der Waals surface area contributed by atoms with Crippen molar-refractivity contribution in [1.29, 1.82) is 0 Å². The Hall–Kier alpha value is -2.01. The van der Waals surface area contributed by atoms with Crippen molar-refractivity contribution in [2.24, 2.45) is 0 Å². The highest BCUT2D eigenvalue weighted by Crippen LogP contribution is 2.29. The molecule has 1 N–H and O–H groups in total. The Balaban J connectivity index is 1.68. The third-order valence-electron chi connectivity index (χ3n) is 4.75. The van der Waals surface area contributed by atoms with Gasteiger partial charge in [-0.05, 0) is 18.2 Å². The number of halogens is 2. The van der Waals surface area contributed by atoms with Gasteiger partial charge in [-0.1, -0.05) is 27.5 Å². The summed E-state index contributed by atoms with van der Waals surface area (Å²) >= 11 is 9.86. The van der Waals surface area contributed by atoms with E-state index in [2.05, 4.69) is 25.9 Å². The molecule has 3 aromatic rings. The first-order chi connectivity index (χ1) is 13.6. The molecule has 0 saturated carbocycles. The van der Waals surface area contributed by atoms with Gasteiger partial charge in [0.05, 0.1) is 21.8 Å². The SMILES string of the molecule is CS(=O)(=O)c1nc2c(c(=O)[nH]1)CN(Cc1c(Cl)c3cc(Br)ccc3oc1=O)CC2. The maximum atomic E-state index is 12.4. The predicted octanol–water partition coefficient (Wildman–Crippen LogP) is 2.25. The molecule has 0 aliphatic carbocycles. The first kappa shape index (κ1) is 20.3. The van der Waals surface area contributed by atoms with Crippen LogP contribution in [0.25, 0.3) is 11.0 Å². The van der Waals surface area contributed by atoms with Crippen LogP contribution in [-0.2, 0) is 29.3 Å². The summed E-state index contributed by atoms with van der Waals surface area (Å²) in [5.74, 6) is 0. The number of aromatic amines is 1. The van der Waals surface area contributed by atoms with Crippen molar-refractivity contribution in [3.05, 3.63) is 65.3 Å². The molecule has 3 heterocycles. The van der Waals surface area contributed by atoms with Gasteiger partial charge in [0, 0.05) is 42.2 Å². The van der Waals surface area contributed by atoms with E-state index in [1.807, 2.05) is 4.90 Å². The average molecular weight is 501 g/mol. The second-order valence-corrected chi connectivity index (χ2v) is 10.1. The fourth-order valence-corrected chi connectivity index (χ4v) is 4.50. The monoisotopic (exact) mass is 499 g/mol. The molecule has 0 saturated heterocycles. The second kappa shape index (κ2) is 7.35. The van der Waals surface area contributed by atoms with Gasteiger partial charge in [-0.3, -0.25) is 14.7 Å². The highest BCUT2D eigenvalue weighted by molar-refractivity contribution is 9.10. The van der Waals surface area contributed by atoms with Gasteiger partial charge in [0.2, 0.25) is 15.0 Å². The summed E-state index contributed by atoms with van der Waals surface area (Å²) in [6.07, 6.45) is 1.37. The normalized spacial score (nSPS) is 14.9. The molecule has 0 spiro atoms. The molecule has 0 bridgehead atoms. The van der Waals surface area contributed by atoms with Gasteiger partial charge in [0.25, 0.3) is 5.56 Å². The van der Waals surface area contributed by atoms with Gasteiger partial charge in [-0.2, -0.15) is 0 Å². The Morgan fingerprint density at radius 3 is 2.83 bits per heavy atom. The lowest BCUT2D eigenvalue weighted by molar-refractivity contribution is 0.238. The molecular weight excluding hydrogens is 486 g/mol. The van der Waals surface area contributed by atoms with Crippen LogP contribution in [0.2, 0.25) is 5.02 Å². The molecule has 29 heavy (non-hydrogen) atoms. The van der Waals surface area contributed by atoms with Crippen molar-refractivity contribution < 1.29 is 12.8 Å². The molecule has 4 rings (SSSR count). The molecule has 1 aliphatic rings. The van der Waals surface area contributed by atoms with E-state index in [9.17, 15) is 18.0 Å². The van der Waals surface area contributed by atoms with E-state index >= 15 is 0 Å². The van der Waals surface area contributed by atoms with Gasteiger partial charge in [-0.15, -0.1) is 0 Å². The standard InChI is InChI=1S/C18H15BrClN3O5S/c1-29(26,27)18-21-13-4-5-23(7-11(13)16(24)22-18)8-12-15(20)10-6-9(19)2-3-14(10)28-17(12)25/h2-3,6H,4-5,7-8H2,1H3,(H,21,22,24). The zero-order valence-electron chi connectivity index (χ0n) is 15.2. The molecule has 1 aromatic carbocycles. The molecule has 0 unspecified atom stereocenters. The summed E-state index contributed by atoms with van der Waals surface area (Å²) in [7, 11) is -3.61. The lowest BCUT2D eigenvalue weighted by Crippen LogP contribution is -2.37. The number of fused-ring (bicyclic) bond motifs is 2. The van der Waals surface area contributed by atoms with E-state index in [0.29, 0.717) is 45.8 Å². The first-order valence-corrected chi connectivity index (χ1v) is 11.6. The van der Waals surface area contributed by atoms with Crippen LogP contribution in [0.5, 0.6) is 0 Å². The third-order valence-corrected chi connectivity index (χ3v) is 6.57. The summed E-state index contributed by atoms with van der Waals surface area (Å²) < 4.78 is 29.5. The van der Waals surface area contributed by atoms with Gasteiger partial charge >= 0.3 is 5.63 Å². The van der Waals surface area contributed by atoms with Crippen molar-refractivity contribution in [2.75, 3.05) is 12.8 Å². The van der Waals surface area contributed by atoms with Crippen LogP contribution in [-0.4, -0.2) is 36.1 Å². The fourth-order valence-electron chi connectivity index (χ4n) is 3.30. The van der Waals surface area contributed by atoms with E-state index in [4.69, 9.17) is 16.0 Å². The highest BCUT2D eigenvalue weighted by atomic mass is 79.9. The van der Waals surface area contributed by atoms with Crippen molar-refractivity contribution in [3.63, 3.8) is 0 Å². The second-order valence-electron chi connectivity index (χ2n) is 6.85. The Bertz CT molecular complexity index is 1370. The van der Waals surface area contributed by atoms with E-state index in [1.54, 1.807) is 18.2 Å². The maximum Gasteiger partial charge on any atom is 0.342 e. The van der Waals surface area contributed by atoms with Crippen molar-refractivity contribution in [2.45, 2.75) is 24.7 Å². The average Bonchev–Trinajstić information content (AvgIpc) is 2.65. The highest BCUT2D eigenvalue weighted by Gasteiger charge is 2.25. The smallest absolute Gasteiger partial charge is 0.342 e. The molecule has 0 fully saturated rings. The van der Waals surface area contributed by atoms with Crippen molar-refractivity contribution >= 4 is 48.3 Å². The number of hydrogen-bond acceptors (Lipinski definition) is 7. The fraction of sp³-hybridized carbons (Fsp3) is 0.278. The Labute approximate surface area is 178 Å². The molecule has 0 radical (unpaired) electrons. The number of hydrogen-bond donors (Lipinski definition) is 1. The summed E-state index contributed by atoms with van der Waals surface area (Å²) in [4.78, 5) is 33.1. The Morgan fingerprint density at radius 1 is 1.34 bits per heavy atom. The molecular formula is C18H15BrClN3O5S. The molecule has 0 amide bonds. The van der Waals surface area contributed by atoms with Crippen LogP contribution >= 0.6 is 27.5 Å². The molecule has 8 nitrogen and oxygen atoms in total. The Morgan fingerprint density at radius 2 is 2.10 bits per heavy atom. The lowest BCUT2D eigenvalue weighted by atomic mass is 10.1. The van der Waals surface area contributed by atoms with Gasteiger partial charge in [0.1, 0.15) is 5.58 Å². The van der Waals surface area contributed by atoms with E-state index in [1.165, 1.54) is 0 Å². The number of benzene rings is 1. The number of sulfone groups is 1. The van der Waals surface area contributed by atoms with Gasteiger partial charge < -0.3 is 4.42 Å². The minimum Gasteiger partial charge on any atom is -0.422 e. The van der Waals surface area contributed by atoms with Crippen LogP contribution in [0.4, 0.5) is 0 Å². The summed E-state index contributed by atoms with van der Waals surface area (Å²) in [6.45, 7) is 0.892. The zero-order chi connectivity index (χ0) is 20.9. The molecule has 0 atom stereocenters. The number of rotatable bonds is 3. The van der Waals surface area contributed by atoms with Crippen molar-refractivity contribution in [1.82, 2.24) is 14.9 Å². The molecule has 1 aliphatic heterocycles. The summed E-state index contributed by atoms with van der Waals surface area (Å²) in [5.41, 5.74) is 0.497. The third kappa shape index (κ3) is 3.89.